The van der Waals surface area contributed by atoms with E-state index in [0.717, 1.165) is 16.0 Å². The minimum Gasteiger partial charge on any atom is -0.504 e. The SMILES string of the molecule is COc1cc(/C=C2\Sc3ccccc3C2=O)ccc1O. The van der Waals surface area contributed by atoms with Gasteiger partial charge in [0.05, 0.1) is 12.0 Å². The Morgan fingerprint density at radius 3 is 2.75 bits per heavy atom. The van der Waals surface area contributed by atoms with Crippen LogP contribution < -0.4 is 4.74 Å². The topological polar surface area (TPSA) is 46.5 Å². The van der Waals surface area contributed by atoms with Crippen LogP contribution in [-0.4, -0.2) is 18.0 Å². The third kappa shape index (κ3) is 2.18. The summed E-state index contributed by atoms with van der Waals surface area (Å²) in [5, 5.41) is 9.57. The van der Waals surface area contributed by atoms with Crippen LogP contribution in [0.5, 0.6) is 11.5 Å². The second kappa shape index (κ2) is 5.06. The number of ketones is 1. The van der Waals surface area contributed by atoms with Crippen molar-refractivity contribution in [2.45, 2.75) is 4.90 Å². The second-order valence-corrected chi connectivity index (χ2v) is 5.45. The molecule has 0 aliphatic carbocycles. The van der Waals surface area contributed by atoms with Crippen LogP contribution in [0.2, 0.25) is 0 Å². The van der Waals surface area contributed by atoms with Crippen molar-refractivity contribution in [2.75, 3.05) is 7.11 Å². The number of fused-ring (bicyclic) bond motifs is 1. The maximum atomic E-state index is 12.3. The zero-order chi connectivity index (χ0) is 14.1. The van der Waals surface area contributed by atoms with Crippen LogP contribution in [0, 0.1) is 0 Å². The number of thioether (sulfide) groups is 1. The van der Waals surface area contributed by atoms with E-state index in [-0.39, 0.29) is 11.5 Å². The lowest BCUT2D eigenvalue weighted by molar-refractivity contribution is 0.104. The smallest absolute Gasteiger partial charge is 0.200 e. The lowest BCUT2D eigenvalue weighted by Crippen LogP contribution is -1.93. The quantitative estimate of drug-likeness (QED) is 0.854. The van der Waals surface area contributed by atoms with Gasteiger partial charge in [0.1, 0.15) is 0 Å². The van der Waals surface area contributed by atoms with Gasteiger partial charge in [0, 0.05) is 10.5 Å². The summed E-state index contributed by atoms with van der Waals surface area (Å²) in [6, 6.07) is 12.6. The van der Waals surface area contributed by atoms with Crippen LogP contribution in [0.3, 0.4) is 0 Å². The maximum absolute atomic E-state index is 12.3. The van der Waals surface area contributed by atoms with Gasteiger partial charge in [-0.05, 0) is 35.9 Å². The van der Waals surface area contributed by atoms with Crippen molar-refractivity contribution in [3.05, 3.63) is 58.5 Å². The lowest BCUT2D eigenvalue weighted by Gasteiger charge is -2.04. The van der Waals surface area contributed by atoms with Crippen molar-refractivity contribution < 1.29 is 14.6 Å². The number of methoxy groups -OCH3 is 1. The van der Waals surface area contributed by atoms with E-state index in [1.807, 2.05) is 30.3 Å². The molecular weight excluding hydrogens is 272 g/mol. The predicted molar refractivity (Wildman–Crippen MR) is 79.3 cm³/mol. The largest absolute Gasteiger partial charge is 0.504 e. The van der Waals surface area contributed by atoms with Crippen molar-refractivity contribution in [1.29, 1.82) is 0 Å². The lowest BCUT2D eigenvalue weighted by atomic mass is 10.1. The molecule has 0 atom stereocenters. The van der Waals surface area contributed by atoms with Gasteiger partial charge in [0.15, 0.2) is 11.5 Å². The number of ether oxygens (including phenoxy) is 1. The molecule has 2 aromatic carbocycles. The van der Waals surface area contributed by atoms with E-state index in [4.69, 9.17) is 4.74 Å². The Balaban J connectivity index is 1.97. The fraction of sp³-hybridized carbons (Fsp3) is 0.0625. The summed E-state index contributed by atoms with van der Waals surface area (Å²) in [6.45, 7) is 0. The number of benzene rings is 2. The van der Waals surface area contributed by atoms with E-state index in [9.17, 15) is 9.90 Å². The number of carbonyl (C=O) groups excluding carboxylic acids is 1. The summed E-state index contributed by atoms with van der Waals surface area (Å²) in [4.78, 5) is 13.9. The first kappa shape index (κ1) is 12.8. The van der Waals surface area contributed by atoms with Crippen LogP contribution in [-0.2, 0) is 0 Å². The van der Waals surface area contributed by atoms with E-state index in [1.165, 1.54) is 18.9 Å². The van der Waals surface area contributed by atoms with E-state index in [0.29, 0.717) is 10.7 Å². The molecule has 0 saturated carbocycles. The Kier molecular flexibility index (Phi) is 3.24. The number of rotatable bonds is 2. The van der Waals surface area contributed by atoms with Crippen LogP contribution in [0.1, 0.15) is 15.9 Å². The van der Waals surface area contributed by atoms with E-state index in [2.05, 4.69) is 0 Å². The van der Waals surface area contributed by atoms with Gasteiger partial charge >= 0.3 is 0 Å². The number of carbonyl (C=O) groups is 1. The minimum absolute atomic E-state index is 0.0395. The highest BCUT2D eigenvalue weighted by atomic mass is 32.2. The van der Waals surface area contributed by atoms with E-state index < -0.39 is 0 Å². The van der Waals surface area contributed by atoms with Gasteiger partial charge in [0.25, 0.3) is 0 Å². The minimum atomic E-state index is 0.0395. The summed E-state index contributed by atoms with van der Waals surface area (Å²) in [7, 11) is 1.50. The number of phenols is 1. The van der Waals surface area contributed by atoms with Gasteiger partial charge in [0.2, 0.25) is 5.78 Å². The molecule has 0 radical (unpaired) electrons. The van der Waals surface area contributed by atoms with Gasteiger partial charge in [-0.2, -0.15) is 0 Å². The zero-order valence-corrected chi connectivity index (χ0v) is 11.6. The summed E-state index contributed by atoms with van der Waals surface area (Å²) < 4.78 is 5.07. The molecule has 20 heavy (non-hydrogen) atoms. The van der Waals surface area contributed by atoms with Crippen molar-refractivity contribution >= 4 is 23.6 Å². The van der Waals surface area contributed by atoms with Gasteiger partial charge < -0.3 is 9.84 Å². The molecule has 1 aliphatic heterocycles. The molecule has 1 N–H and O–H groups in total. The molecule has 3 rings (SSSR count). The summed E-state index contributed by atoms with van der Waals surface area (Å²) in [5.41, 5.74) is 1.57. The molecule has 1 aliphatic rings. The fourth-order valence-corrected chi connectivity index (χ4v) is 3.12. The summed E-state index contributed by atoms with van der Waals surface area (Å²) >= 11 is 1.47. The number of phenolic OH excluding ortho intramolecular Hbond substituents is 1. The first-order valence-electron chi connectivity index (χ1n) is 6.09. The van der Waals surface area contributed by atoms with Crippen LogP contribution in [0.4, 0.5) is 0 Å². The molecule has 0 amide bonds. The number of hydrogen-bond donors (Lipinski definition) is 1. The maximum Gasteiger partial charge on any atom is 0.200 e. The number of hydrogen-bond acceptors (Lipinski definition) is 4. The van der Waals surface area contributed by atoms with Gasteiger partial charge in [-0.1, -0.05) is 30.0 Å². The molecule has 0 fully saturated rings. The average molecular weight is 284 g/mol. The van der Waals surface area contributed by atoms with Crippen molar-refractivity contribution in [1.82, 2.24) is 0 Å². The number of allylic oxidation sites excluding steroid dienone is 1. The monoisotopic (exact) mass is 284 g/mol. The van der Waals surface area contributed by atoms with Crippen LogP contribution in [0.15, 0.2) is 52.3 Å². The third-order valence-corrected chi connectivity index (χ3v) is 4.18. The van der Waals surface area contributed by atoms with Crippen molar-refractivity contribution in [2.24, 2.45) is 0 Å². The molecule has 4 heteroatoms. The standard InChI is InChI=1S/C16H12O3S/c1-19-13-8-10(6-7-12(13)17)9-15-16(18)11-4-2-3-5-14(11)20-15/h2-9,17H,1H3/b15-9-. The van der Waals surface area contributed by atoms with Crippen molar-refractivity contribution in [3.63, 3.8) is 0 Å². The molecule has 0 aromatic heterocycles. The Hall–Kier alpha value is -2.20. The fourth-order valence-electron chi connectivity index (χ4n) is 2.07. The molecular formula is C16H12O3S. The van der Waals surface area contributed by atoms with Gasteiger partial charge in [-0.15, -0.1) is 0 Å². The highest BCUT2D eigenvalue weighted by Crippen LogP contribution is 2.41. The highest BCUT2D eigenvalue weighted by molar-refractivity contribution is 8.04. The molecule has 2 aromatic rings. The molecule has 100 valence electrons. The Morgan fingerprint density at radius 2 is 2.00 bits per heavy atom. The molecule has 0 saturated heterocycles. The van der Waals surface area contributed by atoms with E-state index >= 15 is 0 Å². The average Bonchev–Trinajstić information content (AvgIpc) is 2.78. The van der Waals surface area contributed by atoms with Gasteiger partial charge in [-0.3, -0.25) is 4.79 Å². The molecule has 1 heterocycles. The number of aromatic hydroxyl groups is 1. The molecule has 0 unspecified atom stereocenters. The molecule has 0 spiro atoms. The van der Waals surface area contributed by atoms with Crippen LogP contribution >= 0.6 is 11.8 Å². The zero-order valence-electron chi connectivity index (χ0n) is 10.8. The van der Waals surface area contributed by atoms with E-state index in [1.54, 1.807) is 18.2 Å². The Labute approximate surface area is 120 Å². The first-order chi connectivity index (χ1) is 9.69. The Bertz CT molecular complexity index is 719. The highest BCUT2D eigenvalue weighted by Gasteiger charge is 2.25. The summed E-state index contributed by atoms with van der Waals surface area (Å²) in [6.07, 6.45) is 1.81. The Morgan fingerprint density at radius 1 is 1.20 bits per heavy atom. The second-order valence-electron chi connectivity index (χ2n) is 4.37. The first-order valence-corrected chi connectivity index (χ1v) is 6.91. The predicted octanol–water partition coefficient (Wildman–Crippen LogP) is 3.73. The molecule has 3 nitrogen and oxygen atoms in total. The van der Waals surface area contributed by atoms with Crippen molar-refractivity contribution in [3.8, 4) is 11.5 Å². The molecule has 0 bridgehead atoms. The van der Waals surface area contributed by atoms with Crippen LogP contribution in [0.25, 0.3) is 6.08 Å². The normalized spacial score (nSPS) is 15.4. The summed E-state index contributed by atoms with van der Waals surface area (Å²) in [5.74, 6) is 0.522. The number of Topliss-reactive ketones (excluding diaryl/α,β-unsaturated/α-hetero) is 1. The van der Waals surface area contributed by atoms with Gasteiger partial charge in [-0.25, -0.2) is 0 Å². The third-order valence-electron chi connectivity index (χ3n) is 3.08.